The van der Waals surface area contributed by atoms with Gasteiger partial charge < -0.3 is 9.84 Å². The van der Waals surface area contributed by atoms with Crippen LogP contribution in [0.5, 0.6) is 5.75 Å². The lowest BCUT2D eigenvalue weighted by molar-refractivity contribution is -0.131. The van der Waals surface area contributed by atoms with Crippen LogP contribution in [0.15, 0.2) is 22.8 Å². The van der Waals surface area contributed by atoms with E-state index in [9.17, 15) is 4.79 Å². The van der Waals surface area contributed by atoms with E-state index in [1.807, 2.05) is 0 Å². The first kappa shape index (κ1) is 10.2. The number of carboxylic acid groups (broad SMARTS) is 1. The molecule has 0 spiro atoms. The SMILES string of the molecule is COc1cc2nonc2cc1/C=C/C(=O)O. The predicted molar refractivity (Wildman–Crippen MR) is 55.0 cm³/mol. The van der Waals surface area contributed by atoms with Crippen LogP contribution in [0.25, 0.3) is 17.1 Å². The third kappa shape index (κ3) is 1.85. The minimum absolute atomic E-state index is 0.515. The Morgan fingerprint density at radius 2 is 2.12 bits per heavy atom. The molecule has 0 aliphatic carbocycles. The molecule has 0 atom stereocenters. The molecule has 2 aromatic rings. The number of aliphatic carboxylic acids is 1. The van der Waals surface area contributed by atoms with Gasteiger partial charge in [0.25, 0.3) is 0 Å². The van der Waals surface area contributed by atoms with Gasteiger partial charge in [-0.25, -0.2) is 9.42 Å². The van der Waals surface area contributed by atoms with Crippen LogP contribution in [0.1, 0.15) is 5.56 Å². The van der Waals surface area contributed by atoms with Crippen molar-refractivity contribution >= 4 is 23.1 Å². The van der Waals surface area contributed by atoms with Crippen molar-refractivity contribution in [1.29, 1.82) is 0 Å². The second-order valence-electron chi connectivity index (χ2n) is 3.02. The second-order valence-corrected chi connectivity index (χ2v) is 3.02. The summed E-state index contributed by atoms with van der Waals surface area (Å²) in [5, 5.41) is 15.9. The standard InChI is InChI=1S/C10H8N2O4/c1-15-9-5-8-7(11-16-12-8)4-6(9)2-3-10(13)14/h2-5H,1H3,(H,13,14)/b3-2+. The van der Waals surface area contributed by atoms with Crippen molar-refractivity contribution in [3.63, 3.8) is 0 Å². The number of carboxylic acids is 1. The van der Waals surface area contributed by atoms with Crippen LogP contribution in [0.2, 0.25) is 0 Å². The molecular formula is C10H8N2O4. The normalized spacial score (nSPS) is 11.1. The highest BCUT2D eigenvalue weighted by Crippen LogP contribution is 2.24. The van der Waals surface area contributed by atoms with E-state index in [1.54, 1.807) is 12.1 Å². The van der Waals surface area contributed by atoms with Gasteiger partial charge in [-0.15, -0.1) is 0 Å². The number of fused-ring (bicyclic) bond motifs is 1. The fourth-order valence-electron chi connectivity index (χ4n) is 1.30. The maximum Gasteiger partial charge on any atom is 0.328 e. The van der Waals surface area contributed by atoms with Crippen molar-refractivity contribution in [1.82, 2.24) is 10.3 Å². The van der Waals surface area contributed by atoms with Crippen LogP contribution in [0.4, 0.5) is 0 Å². The van der Waals surface area contributed by atoms with Gasteiger partial charge in [0.05, 0.1) is 7.11 Å². The Morgan fingerprint density at radius 1 is 1.44 bits per heavy atom. The van der Waals surface area contributed by atoms with Crippen molar-refractivity contribution in [2.75, 3.05) is 7.11 Å². The molecule has 0 radical (unpaired) electrons. The highest BCUT2D eigenvalue weighted by Gasteiger charge is 2.07. The van der Waals surface area contributed by atoms with E-state index in [0.717, 1.165) is 6.08 Å². The number of methoxy groups -OCH3 is 1. The molecule has 1 N–H and O–H groups in total. The lowest BCUT2D eigenvalue weighted by Crippen LogP contribution is -1.89. The zero-order valence-corrected chi connectivity index (χ0v) is 8.38. The monoisotopic (exact) mass is 220 g/mol. The Hall–Kier alpha value is -2.37. The molecule has 0 saturated carbocycles. The van der Waals surface area contributed by atoms with Crippen LogP contribution in [-0.2, 0) is 4.79 Å². The number of nitrogens with zero attached hydrogens (tertiary/aromatic N) is 2. The number of carbonyl (C=O) groups is 1. The largest absolute Gasteiger partial charge is 0.496 e. The summed E-state index contributed by atoms with van der Waals surface area (Å²) >= 11 is 0. The van der Waals surface area contributed by atoms with E-state index < -0.39 is 5.97 Å². The quantitative estimate of drug-likeness (QED) is 0.785. The van der Waals surface area contributed by atoms with E-state index in [-0.39, 0.29) is 0 Å². The Morgan fingerprint density at radius 3 is 2.75 bits per heavy atom. The molecule has 0 bridgehead atoms. The number of benzene rings is 1. The molecule has 82 valence electrons. The van der Waals surface area contributed by atoms with Gasteiger partial charge in [-0.3, -0.25) is 0 Å². The number of ether oxygens (including phenoxy) is 1. The van der Waals surface area contributed by atoms with Gasteiger partial charge in [-0.05, 0) is 22.5 Å². The van der Waals surface area contributed by atoms with Crippen molar-refractivity contribution in [3.05, 3.63) is 23.8 Å². The molecule has 6 heteroatoms. The van der Waals surface area contributed by atoms with Gasteiger partial charge in [-0.2, -0.15) is 0 Å². The average Bonchev–Trinajstić information content (AvgIpc) is 2.71. The first-order valence-electron chi connectivity index (χ1n) is 4.42. The Balaban J connectivity index is 2.52. The van der Waals surface area contributed by atoms with E-state index in [0.29, 0.717) is 22.3 Å². The maximum atomic E-state index is 10.4. The summed E-state index contributed by atoms with van der Waals surface area (Å²) in [6.45, 7) is 0. The zero-order valence-electron chi connectivity index (χ0n) is 8.38. The fraction of sp³-hybridized carbons (Fsp3) is 0.100. The van der Waals surface area contributed by atoms with Gasteiger partial charge in [0.2, 0.25) is 0 Å². The predicted octanol–water partition coefficient (Wildman–Crippen LogP) is 1.33. The second kappa shape index (κ2) is 4.01. The summed E-state index contributed by atoms with van der Waals surface area (Å²) in [4.78, 5) is 10.4. The minimum Gasteiger partial charge on any atom is -0.496 e. The molecule has 0 saturated heterocycles. The molecule has 0 aliphatic heterocycles. The third-order valence-corrected chi connectivity index (χ3v) is 2.01. The summed E-state index contributed by atoms with van der Waals surface area (Å²) in [7, 11) is 1.49. The molecule has 16 heavy (non-hydrogen) atoms. The Labute approximate surface area is 90.1 Å². The zero-order chi connectivity index (χ0) is 11.5. The van der Waals surface area contributed by atoms with Crippen molar-refractivity contribution in [2.24, 2.45) is 0 Å². The van der Waals surface area contributed by atoms with Crippen molar-refractivity contribution in [2.45, 2.75) is 0 Å². The third-order valence-electron chi connectivity index (χ3n) is 2.01. The van der Waals surface area contributed by atoms with Gasteiger partial charge in [0.15, 0.2) is 0 Å². The molecule has 0 amide bonds. The van der Waals surface area contributed by atoms with Crippen LogP contribution in [-0.4, -0.2) is 28.5 Å². The fourth-order valence-corrected chi connectivity index (χ4v) is 1.30. The molecule has 1 aromatic carbocycles. The lowest BCUT2D eigenvalue weighted by atomic mass is 10.1. The molecular weight excluding hydrogens is 212 g/mol. The van der Waals surface area contributed by atoms with Crippen LogP contribution in [0.3, 0.4) is 0 Å². The first-order chi connectivity index (χ1) is 7.70. The van der Waals surface area contributed by atoms with E-state index in [2.05, 4.69) is 14.9 Å². The van der Waals surface area contributed by atoms with Gasteiger partial charge in [-0.1, -0.05) is 0 Å². The summed E-state index contributed by atoms with van der Waals surface area (Å²) in [5.74, 6) is -0.513. The molecule has 1 aromatic heterocycles. The molecule has 0 unspecified atom stereocenters. The smallest absolute Gasteiger partial charge is 0.328 e. The number of hydrogen-bond acceptors (Lipinski definition) is 5. The molecule has 2 rings (SSSR count). The Bertz CT molecular complexity index is 559. The van der Waals surface area contributed by atoms with E-state index >= 15 is 0 Å². The first-order valence-corrected chi connectivity index (χ1v) is 4.42. The van der Waals surface area contributed by atoms with Gasteiger partial charge in [0, 0.05) is 17.7 Å². The summed E-state index contributed by atoms with van der Waals surface area (Å²) in [6, 6.07) is 3.28. The number of aromatic nitrogens is 2. The average molecular weight is 220 g/mol. The molecule has 0 fully saturated rings. The molecule has 1 heterocycles. The van der Waals surface area contributed by atoms with Crippen molar-refractivity contribution in [3.8, 4) is 5.75 Å². The highest BCUT2D eigenvalue weighted by atomic mass is 16.6. The van der Waals surface area contributed by atoms with Crippen molar-refractivity contribution < 1.29 is 19.3 Å². The number of rotatable bonds is 3. The van der Waals surface area contributed by atoms with E-state index in [1.165, 1.54) is 13.2 Å². The lowest BCUT2D eigenvalue weighted by Gasteiger charge is -2.02. The highest BCUT2D eigenvalue weighted by molar-refractivity contribution is 5.88. The number of hydrogen-bond donors (Lipinski definition) is 1. The summed E-state index contributed by atoms with van der Waals surface area (Å²) in [5.41, 5.74) is 1.71. The summed E-state index contributed by atoms with van der Waals surface area (Å²) in [6.07, 6.45) is 2.45. The van der Waals surface area contributed by atoms with Crippen LogP contribution >= 0.6 is 0 Å². The Kier molecular flexibility index (Phi) is 2.55. The maximum absolute atomic E-state index is 10.4. The van der Waals surface area contributed by atoms with E-state index in [4.69, 9.17) is 9.84 Å². The molecule has 6 nitrogen and oxygen atoms in total. The van der Waals surface area contributed by atoms with Crippen LogP contribution in [0, 0.1) is 0 Å². The minimum atomic E-state index is -1.03. The topological polar surface area (TPSA) is 85.5 Å². The van der Waals surface area contributed by atoms with Crippen LogP contribution < -0.4 is 4.74 Å². The molecule has 0 aliphatic rings. The summed E-state index contributed by atoms with van der Waals surface area (Å²) < 4.78 is 9.65. The van der Waals surface area contributed by atoms with Gasteiger partial charge >= 0.3 is 5.97 Å². The van der Waals surface area contributed by atoms with Gasteiger partial charge in [0.1, 0.15) is 16.8 Å².